The number of carbonyl (C=O) groups excluding carboxylic acids is 2. The summed E-state index contributed by atoms with van der Waals surface area (Å²) in [5.41, 5.74) is 3.76. The van der Waals surface area contributed by atoms with Crippen LogP contribution in [0.5, 0.6) is 0 Å². The molecule has 2 N–H and O–H groups in total. The number of pyridine rings is 1. The van der Waals surface area contributed by atoms with Gasteiger partial charge in [0.25, 0.3) is 17.4 Å². The van der Waals surface area contributed by atoms with Crippen LogP contribution in [-0.4, -0.2) is 22.9 Å². The van der Waals surface area contributed by atoms with Crippen LogP contribution in [0.3, 0.4) is 0 Å². The number of aromatic nitrogens is 1. The molecule has 0 saturated heterocycles. The predicted molar refractivity (Wildman–Crippen MR) is 138 cm³/mol. The number of rotatable bonds is 8. The second kappa shape index (κ2) is 11.1. The Kier molecular flexibility index (Phi) is 7.53. The summed E-state index contributed by atoms with van der Waals surface area (Å²) in [4.78, 5) is 38.0. The minimum absolute atomic E-state index is 0.0870. The molecule has 4 aromatic rings. The van der Waals surface area contributed by atoms with E-state index < -0.39 is 5.56 Å². The van der Waals surface area contributed by atoms with Gasteiger partial charge in [-0.2, -0.15) is 0 Å². The molecule has 0 spiro atoms. The van der Waals surface area contributed by atoms with Crippen LogP contribution in [0.2, 0.25) is 0 Å². The Balaban J connectivity index is 1.39. The molecular weight excluding hydrogens is 438 g/mol. The van der Waals surface area contributed by atoms with Crippen LogP contribution < -0.4 is 16.2 Å². The van der Waals surface area contributed by atoms with Crippen molar-refractivity contribution in [1.29, 1.82) is 0 Å². The van der Waals surface area contributed by atoms with Crippen LogP contribution in [0.1, 0.15) is 38.3 Å². The van der Waals surface area contributed by atoms with Gasteiger partial charge in [-0.05, 0) is 73.9 Å². The second-order valence-corrected chi connectivity index (χ2v) is 8.31. The SMILES string of the molecule is Cc1ccc(C(=O)Nc2ccc(-n3cccc(C(=O)NCCCc4ccccc4)c3=O)cc2)cc1. The number of hydrogen-bond acceptors (Lipinski definition) is 3. The van der Waals surface area contributed by atoms with Crippen molar-refractivity contribution >= 4 is 17.5 Å². The van der Waals surface area contributed by atoms with E-state index in [1.165, 1.54) is 16.2 Å². The zero-order valence-corrected chi connectivity index (χ0v) is 19.5. The quantitative estimate of drug-likeness (QED) is 0.368. The van der Waals surface area contributed by atoms with Gasteiger partial charge in [0, 0.05) is 29.7 Å². The maximum absolute atomic E-state index is 13.0. The van der Waals surface area contributed by atoms with Gasteiger partial charge in [0.2, 0.25) is 0 Å². The third-order valence-electron chi connectivity index (χ3n) is 5.68. The van der Waals surface area contributed by atoms with E-state index in [0.717, 1.165) is 18.4 Å². The number of hydrogen-bond donors (Lipinski definition) is 2. The molecule has 0 aliphatic heterocycles. The molecule has 2 amide bonds. The van der Waals surface area contributed by atoms with E-state index in [1.807, 2.05) is 37.3 Å². The molecule has 35 heavy (non-hydrogen) atoms. The Hall–Kier alpha value is -4.45. The van der Waals surface area contributed by atoms with Crippen LogP contribution in [0, 0.1) is 6.92 Å². The molecule has 0 aliphatic carbocycles. The van der Waals surface area contributed by atoms with Gasteiger partial charge in [-0.15, -0.1) is 0 Å². The zero-order chi connectivity index (χ0) is 24.6. The van der Waals surface area contributed by atoms with E-state index in [9.17, 15) is 14.4 Å². The summed E-state index contributed by atoms with van der Waals surface area (Å²) in [6.07, 6.45) is 3.26. The zero-order valence-electron chi connectivity index (χ0n) is 19.5. The largest absolute Gasteiger partial charge is 0.352 e. The average molecular weight is 466 g/mol. The number of anilines is 1. The molecule has 0 saturated carbocycles. The number of benzene rings is 3. The Bertz CT molecular complexity index is 1360. The summed E-state index contributed by atoms with van der Waals surface area (Å²) in [7, 11) is 0. The van der Waals surface area contributed by atoms with E-state index in [0.29, 0.717) is 23.5 Å². The van der Waals surface area contributed by atoms with Gasteiger partial charge in [-0.25, -0.2) is 0 Å². The normalized spacial score (nSPS) is 10.5. The first-order chi connectivity index (χ1) is 17.0. The number of nitrogens with zero attached hydrogens (tertiary/aromatic N) is 1. The van der Waals surface area contributed by atoms with E-state index in [-0.39, 0.29) is 17.4 Å². The fourth-order valence-corrected chi connectivity index (χ4v) is 3.72. The van der Waals surface area contributed by atoms with Gasteiger partial charge < -0.3 is 10.6 Å². The van der Waals surface area contributed by atoms with Crippen LogP contribution in [0.25, 0.3) is 5.69 Å². The topological polar surface area (TPSA) is 80.2 Å². The van der Waals surface area contributed by atoms with Crippen molar-refractivity contribution in [2.45, 2.75) is 19.8 Å². The first kappa shape index (κ1) is 23.7. The van der Waals surface area contributed by atoms with Gasteiger partial charge in [-0.3, -0.25) is 19.0 Å². The fourth-order valence-electron chi connectivity index (χ4n) is 3.72. The Morgan fingerprint density at radius 3 is 2.23 bits per heavy atom. The Morgan fingerprint density at radius 2 is 1.51 bits per heavy atom. The van der Waals surface area contributed by atoms with Crippen molar-refractivity contribution in [1.82, 2.24) is 9.88 Å². The predicted octanol–water partition coefficient (Wildman–Crippen LogP) is 4.76. The Labute approximate surface area is 204 Å². The third kappa shape index (κ3) is 6.12. The minimum atomic E-state index is -0.399. The summed E-state index contributed by atoms with van der Waals surface area (Å²) < 4.78 is 1.42. The maximum Gasteiger partial charge on any atom is 0.267 e. The molecule has 4 rings (SSSR count). The van der Waals surface area contributed by atoms with Gasteiger partial charge in [0.05, 0.1) is 0 Å². The maximum atomic E-state index is 13.0. The van der Waals surface area contributed by atoms with Crippen molar-refractivity contribution in [2.24, 2.45) is 0 Å². The first-order valence-electron chi connectivity index (χ1n) is 11.5. The molecule has 0 radical (unpaired) electrons. The lowest BCUT2D eigenvalue weighted by Crippen LogP contribution is -2.32. The molecule has 1 aromatic heterocycles. The van der Waals surface area contributed by atoms with Crippen molar-refractivity contribution in [3.05, 3.63) is 130 Å². The molecule has 6 heteroatoms. The average Bonchev–Trinajstić information content (AvgIpc) is 2.88. The van der Waals surface area contributed by atoms with Crippen molar-refractivity contribution < 1.29 is 9.59 Å². The fraction of sp³-hybridized carbons (Fsp3) is 0.138. The van der Waals surface area contributed by atoms with Crippen molar-refractivity contribution in [3.8, 4) is 5.69 Å². The molecule has 176 valence electrons. The number of nitrogens with one attached hydrogen (secondary N) is 2. The molecular formula is C29H27N3O3. The van der Waals surface area contributed by atoms with Crippen LogP contribution in [0.15, 0.2) is 102 Å². The number of carbonyl (C=O) groups is 2. The summed E-state index contributed by atoms with van der Waals surface area (Å²) in [6, 6.07) is 27.5. The standard InChI is InChI=1S/C29H27N3O3/c1-21-11-13-23(14-12-21)27(33)31-24-15-17-25(18-16-24)32-20-6-10-26(29(32)35)28(34)30-19-5-9-22-7-3-2-4-8-22/h2-4,6-8,10-18,20H,5,9,19H2,1H3,(H,30,34)(H,31,33). The minimum Gasteiger partial charge on any atom is -0.352 e. The highest BCUT2D eigenvalue weighted by atomic mass is 16.2. The number of aryl methyl sites for hydroxylation is 2. The van der Waals surface area contributed by atoms with Crippen LogP contribution in [-0.2, 0) is 6.42 Å². The smallest absolute Gasteiger partial charge is 0.267 e. The molecule has 1 heterocycles. The van der Waals surface area contributed by atoms with Crippen molar-refractivity contribution in [2.75, 3.05) is 11.9 Å². The van der Waals surface area contributed by atoms with Gasteiger partial charge in [-0.1, -0.05) is 48.0 Å². The molecule has 0 unspecified atom stereocenters. The van der Waals surface area contributed by atoms with Crippen LogP contribution in [0.4, 0.5) is 5.69 Å². The summed E-state index contributed by atoms with van der Waals surface area (Å²) in [5.74, 6) is -0.597. The van der Waals surface area contributed by atoms with Crippen LogP contribution >= 0.6 is 0 Å². The highest BCUT2D eigenvalue weighted by molar-refractivity contribution is 6.04. The van der Waals surface area contributed by atoms with E-state index in [1.54, 1.807) is 48.7 Å². The number of amides is 2. The molecule has 0 bridgehead atoms. The Morgan fingerprint density at radius 1 is 0.800 bits per heavy atom. The lowest BCUT2D eigenvalue weighted by atomic mass is 10.1. The van der Waals surface area contributed by atoms with E-state index in [4.69, 9.17) is 0 Å². The van der Waals surface area contributed by atoms with Gasteiger partial charge in [0.1, 0.15) is 5.56 Å². The van der Waals surface area contributed by atoms with Gasteiger partial charge in [0.15, 0.2) is 0 Å². The molecule has 0 fully saturated rings. The van der Waals surface area contributed by atoms with Crippen molar-refractivity contribution in [3.63, 3.8) is 0 Å². The third-order valence-corrected chi connectivity index (χ3v) is 5.68. The molecule has 6 nitrogen and oxygen atoms in total. The highest BCUT2D eigenvalue weighted by Crippen LogP contribution is 2.14. The summed E-state index contributed by atoms with van der Waals surface area (Å²) in [6.45, 7) is 2.45. The molecule has 0 aliphatic rings. The monoisotopic (exact) mass is 465 g/mol. The molecule has 3 aromatic carbocycles. The lowest BCUT2D eigenvalue weighted by molar-refractivity contribution is 0.0950. The molecule has 0 atom stereocenters. The van der Waals surface area contributed by atoms with Gasteiger partial charge >= 0.3 is 0 Å². The highest BCUT2D eigenvalue weighted by Gasteiger charge is 2.13. The second-order valence-electron chi connectivity index (χ2n) is 8.31. The lowest BCUT2D eigenvalue weighted by Gasteiger charge is -2.10. The summed E-state index contributed by atoms with van der Waals surface area (Å²) in [5, 5.41) is 5.69. The van der Waals surface area contributed by atoms with E-state index in [2.05, 4.69) is 22.8 Å². The van der Waals surface area contributed by atoms with E-state index >= 15 is 0 Å². The summed E-state index contributed by atoms with van der Waals surface area (Å²) >= 11 is 0. The first-order valence-corrected chi connectivity index (χ1v) is 11.5.